The van der Waals surface area contributed by atoms with Crippen LogP contribution in [0.25, 0.3) is 22.3 Å². The fourth-order valence-electron chi connectivity index (χ4n) is 3.42. The summed E-state index contributed by atoms with van der Waals surface area (Å²) in [6.45, 7) is 2.09. The van der Waals surface area contributed by atoms with E-state index in [0.717, 1.165) is 17.5 Å². The van der Waals surface area contributed by atoms with E-state index in [0.29, 0.717) is 28.1 Å². The molecule has 0 atom stereocenters. The number of rotatable bonds is 2. The molecular weight excluding hydrogens is 326 g/mol. The van der Waals surface area contributed by atoms with Gasteiger partial charge >= 0.3 is 0 Å². The van der Waals surface area contributed by atoms with Crippen LogP contribution in [-0.4, -0.2) is 0 Å². The minimum absolute atomic E-state index is 0.0222. The van der Waals surface area contributed by atoms with Crippen molar-refractivity contribution < 1.29 is 8.78 Å². The van der Waals surface area contributed by atoms with Crippen LogP contribution in [0.4, 0.5) is 8.78 Å². The zero-order chi connectivity index (χ0) is 16.8. The van der Waals surface area contributed by atoms with Gasteiger partial charge in [0, 0.05) is 17.0 Å². The molecule has 3 aromatic rings. The Kier molecular flexibility index (Phi) is 3.65. The lowest BCUT2D eigenvalue weighted by atomic mass is 9.97. The van der Waals surface area contributed by atoms with Crippen LogP contribution in [0.15, 0.2) is 48.5 Å². The summed E-state index contributed by atoms with van der Waals surface area (Å²) in [5.41, 5.74) is 4.97. The maximum atomic E-state index is 15.1. The third-order valence-corrected chi connectivity index (χ3v) is 4.94. The quantitative estimate of drug-likeness (QED) is 0.395. The molecule has 0 saturated heterocycles. The molecule has 0 saturated carbocycles. The SMILES string of the molecule is CCc1ccc2c(c1)Cc1c-2cc(F)c(-c2ccc(Cl)cc2)c1F. The predicted octanol–water partition coefficient (Wildman–Crippen LogP) is 6.42. The molecule has 0 aliphatic heterocycles. The summed E-state index contributed by atoms with van der Waals surface area (Å²) >= 11 is 5.87. The van der Waals surface area contributed by atoms with E-state index in [1.54, 1.807) is 24.3 Å². The number of halogens is 3. The highest BCUT2D eigenvalue weighted by Crippen LogP contribution is 2.42. The van der Waals surface area contributed by atoms with Gasteiger partial charge in [0.05, 0.1) is 5.56 Å². The van der Waals surface area contributed by atoms with Gasteiger partial charge in [0.25, 0.3) is 0 Å². The van der Waals surface area contributed by atoms with Crippen LogP contribution in [0, 0.1) is 11.6 Å². The first kappa shape index (κ1) is 15.3. The third kappa shape index (κ3) is 2.33. The zero-order valence-corrected chi connectivity index (χ0v) is 13.9. The highest BCUT2D eigenvalue weighted by atomic mass is 35.5. The summed E-state index contributed by atoms with van der Waals surface area (Å²) < 4.78 is 29.8. The van der Waals surface area contributed by atoms with Gasteiger partial charge in [0.15, 0.2) is 0 Å². The van der Waals surface area contributed by atoms with Gasteiger partial charge in [-0.15, -0.1) is 0 Å². The number of hydrogen-bond donors (Lipinski definition) is 0. The number of hydrogen-bond acceptors (Lipinski definition) is 0. The van der Waals surface area contributed by atoms with Gasteiger partial charge in [0.2, 0.25) is 0 Å². The fourth-order valence-corrected chi connectivity index (χ4v) is 3.55. The second-order valence-electron chi connectivity index (χ2n) is 6.10. The molecule has 0 unspecified atom stereocenters. The molecule has 1 aliphatic rings. The van der Waals surface area contributed by atoms with Gasteiger partial charge in [-0.3, -0.25) is 0 Å². The Hall–Kier alpha value is -2.19. The minimum Gasteiger partial charge on any atom is -0.206 e. The summed E-state index contributed by atoms with van der Waals surface area (Å²) in [6, 6.07) is 14.1. The third-order valence-electron chi connectivity index (χ3n) is 4.69. The lowest BCUT2D eigenvalue weighted by molar-refractivity contribution is 0.583. The fraction of sp³-hybridized carbons (Fsp3) is 0.143. The second-order valence-corrected chi connectivity index (χ2v) is 6.54. The molecule has 0 fully saturated rings. The summed E-state index contributed by atoms with van der Waals surface area (Å²) in [5, 5.41) is 0.542. The van der Waals surface area contributed by atoms with Crippen LogP contribution in [0.3, 0.4) is 0 Å². The van der Waals surface area contributed by atoms with Crippen LogP contribution in [0.1, 0.15) is 23.6 Å². The second kappa shape index (κ2) is 5.71. The van der Waals surface area contributed by atoms with Crippen molar-refractivity contribution in [2.24, 2.45) is 0 Å². The molecule has 0 aromatic heterocycles. The van der Waals surface area contributed by atoms with Crippen LogP contribution in [0.2, 0.25) is 5.02 Å². The average molecular weight is 341 g/mol. The number of benzene rings is 3. The molecule has 0 radical (unpaired) electrons. The Morgan fingerprint density at radius 2 is 1.71 bits per heavy atom. The number of fused-ring (bicyclic) bond motifs is 3. The van der Waals surface area contributed by atoms with Crippen molar-refractivity contribution in [3.05, 3.63) is 81.9 Å². The first-order valence-corrected chi connectivity index (χ1v) is 8.35. The molecular formula is C21H15ClF2. The Balaban J connectivity index is 1.89. The van der Waals surface area contributed by atoms with E-state index in [1.807, 2.05) is 12.1 Å². The van der Waals surface area contributed by atoms with E-state index in [2.05, 4.69) is 13.0 Å². The average Bonchev–Trinajstić information content (AvgIpc) is 2.94. The number of aryl methyl sites for hydroxylation is 1. The Morgan fingerprint density at radius 3 is 2.42 bits per heavy atom. The summed E-state index contributed by atoms with van der Waals surface area (Å²) in [4.78, 5) is 0. The molecule has 3 aromatic carbocycles. The lowest BCUT2D eigenvalue weighted by Crippen LogP contribution is -1.96. The van der Waals surface area contributed by atoms with Gasteiger partial charge in [-0.05, 0) is 52.4 Å². The molecule has 0 bridgehead atoms. The van der Waals surface area contributed by atoms with Crippen molar-refractivity contribution in [3.8, 4) is 22.3 Å². The van der Waals surface area contributed by atoms with Gasteiger partial charge in [-0.1, -0.05) is 48.9 Å². The Labute approximate surface area is 144 Å². The maximum absolute atomic E-state index is 15.1. The molecule has 0 spiro atoms. The Bertz CT molecular complexity index is 943. The van der Waals surface area contributed by atoms with E-state index in [1.165, 1.54) is 11.6 Å². The van der Waals surface area contributed by atoms with E-state index in [9.17, 15) is 4.39 Å². The highest BCUT2D eigenvalue weighted by Gasteiger charge is 2.26. The molecule has 1 aliphatic carbocycles. The molecule has 24 heavy (non-hydrogen) atoms. The lowest BCUT2D eigenvalue weighted by Gasteiger charge is -2.10. The summed E-state index contributed by atoms with van der Waals surface area (Å²) in [7, 11) is 0. The van der Waals surface area contributed by atoms with Gasteiger partial charge < -0.3 is 0 Å². The molecule has 120 valence electrons. The van der Waals surface area contributed by atoms with Crippen LogP contribution >= 0.6 is 11.6 Å². The maximum Gasteiger partial charge on any atom is 0.138 e. The van der Waals surface area contributed by atoms with Crippen molar-refractivity contribution in [2.75, 3.05) is 0 Å². The van der Waals surface area contributed by atoms with E-state index in [-0.39, 0.29) is 5.56 Å². The molecule has 3 heteroatoms. The van der Waals surface area contributed by atoms with Crippen molar-refractivity contribution >= 4 is 11.6 Å². The van der Waals surface area contributed by atoms with E-state index in [4.69, 9.17) is 11.6 Å². The predicted molar refractivity (Wildman–Crippen MR) is 94.4 cm³/mol. The van der Waals surface area contributed by atoms with Crippen LogP contribution in [0.5, 0.6) is 0 Å². The smallest absolute Gasteiger partial charge is 0.138 e. The van der Waals surface area contributed by atoms with Crippen molar-refractivity contribution in [1.29, 1.82) is 0 Å². The van der Waals surface area contributed by atoms with Crippen molar-refractivity contribution in [1.82, 2.24) is 0 Å². The molecule has 0 amide bonds. The Morgan fingerprint density at radius 1 is 0.958 bits per heavy atom. The first-order valence-electron chi connectivity index (χ1n) is 7.97. The molecule has 0 nitrogen and oxygen atoms in total. The van der Waals surface area contributed by atoms with Crippen LogP contribution < -0.4 is 0 Å². The van der Waals surface area contributed by atoms with E-state index >= 15 is 4.39 Å². The minimum atomic E-state index is -0.541. The van der Waals surface area contributed by atoms with Gasteiger partial charge in [-0.2, -0.15) is 0 Å². The molecule has 0 N–H and O–H groups in total. The zero-order valence-electron chi connectivity index (χ0n) is 13.2. The van der Waals surface area contributed by atoms with Gasteiger partial charge in [-0.25, -0.2) is 8.78 Å². The van der Waals surface area contributed by atoms with E-state index < -0.39 is 11.6 Å². The standard InChI is InChI=1S/C21H15ClF2/c1-2-12-3-8-16-14(9-12)10-18-17(16)11-19(23)20(21(18)24)13-4-6-15(22)7-5-13/h3-9,11H,2,10H2,1H3. The van der Waals surface area contributed by atoms with Crippen molar-refractivity contribution in [3.63, 3.8) is 0 Å². The largest absolute Gasteiger partial charge is 0.206 e. The molecule has 0 heterocycles. The van der Waals surface area contributed by atoms with Crippen LogP contribution in [-0.2, 0) is 12.8 Å². The van der Waals surface area contributed by atoms with Gasteiger partial charge in [0.1, 0.15) is 11.6 Å². The monoisotopic (exact) mass is 340 g/mol. The molecule has 4 rings (SSSR count). The first-order chi connectivity index (χ1) is 11.6. The summed E-state index contributed by atoms with van der Waals surface area (Å²) in [5.74, 6) is -1.01. The normalized spacial score (nSPS) is 12.2. The topological polar surface area (TPSA) is 0 Å². The summed E-state index contributed by atoms with van der Waals surface area (Å²) in [6.07, 6.45) is 1.43. The highest BCUT2D eigenvalue weighted by molar-refractivity contribution is 6.30. The van der Waals surface area contributed by atoms with Crippen molar-refractivity contribution in [2.45, 2.75) is 19.8 Å².